The zero-order chi connectivity index (χ0) is 33.0. The fourth-order valence-electron chi connectivity index (χ4n) is 6.02. The zero-order valence-corrected chi connectivity index (χ0v) is 27.5. The number of nitrogens with one attached hydrogen (secondary N) is 2. The second-order valence-electron chi connectivity index (χ2n) is 12.8. The van der Waals surface area contributed by atoms with Crippen LogP contribution >= 0.6 is 0 Å². The Morgan fingerprint density at radius 2 is 1.91 bits per heavy atom. The number of carbonyl (C=O) groups excluding carboxylic acids is 2. The van der Waals surface area contributed by atoms with Gasteiger partial charge in [-0.05, 0) is 61.9 Å². The molecule has 0 radical (unpaired) electrons. The minimum atomic E-state index is -4.13. The SMILES string of the molecule is CC(C)CN(CC(O)C(Cc1ccccc1)NC(=O)OC1COC2OCCC12)S(=O)(=O)c1ccc2c(c1)C(C=NC(C)C)C(=O)N2. The molecule has 5 rings (SSSR count). The van der Waals surface area contributed by atoms with Gasteiger partial charge in [-0.3, -0.25) is 9.79 Å². The van der Waals surface area contributed by atoms with Crippen molar-refractivity contribution in [3.8, 4) is 0 Å². The molecular formula is C33H44N4O8S. The molecule has 6 unspecified atom stereocenters. The summed E-state index contributed by atoms with van der Waals surface area (Å²) in [4.78, 5) is 30.1. The Hall–Kier alpha value is -3.36. The predicted octanol–water partition coefficient (Wildman–Crippen LogP) is 3.31. The van der Waals surface area contributed by atoms with Crippen LogP contribution in [0.15, 0.2) is 58.4 Å². The maximum atomic E-state index is 14.1. The third-order valence-corrected chi connectivity index (χ3v) is 10.2. The topological polar surface area (TPSA) is 156 Å². The van der Waals surface area contributed by atoms with Crippen molar-refractivity contribution in [3.63, 3.8) is 0 Å². The average Bonchev–Trinajstić information content (AvgIpc) is 3.70. The first-order valence-electron chi connectivity index (χ1n) is 15.8. The molecule has 2 saturated heterocycles. The molecule has 0 aliphatic carbocycles. The van der Waals surface area contributed by atoms with Gasteiger partial charge in [-0.1, -0.05) is 44.2 Å². The fourth-order valence-corrected chi connectivity index (χ4v) is 7.67. The van der Waals surface area contributed by atoms with Gasteiger partial charge in [0, 0.05) is 31.0 Å². The molecule has 0 saturated carbocycles. The van der Waals surface area contributed by atoms with E-state index in [1.165, 1.54) is 16.4 Å². The van der Waals surface area contributed by atoms with E-state index in [0.717, 1.165) is 12.0 Å². The second kappa shape index (κ2) is 14.6. The Kier molecular flexibility index (Phi) is 10.8. The summed E-state index contributed by atoms with van der Waals surface area (Å²) in [6, 6.07) is 13.0. The van der Waals surface area contributed by atoms with Crippen molar-refractivity contribution in [2.45, 2.75) is 81.9 Å². The molecule has 6 atom stereocenters. The lowest BCUT2D eigenvalue weighted by Crippen LogP contribution is -2.51. The number of aliphatic hydroxyl groups is 1. The van der Waals surface area contributed by atoms with Crippen molar-refractivity contribution in [2.75, 3.05) is 31.6 Å². The number of benzene rings is 2. The number of alkyl carbamates (subject to hydrolysis) is 1. The Morgan fingerprint density at radius 3 is 2.63 bits per heavy atom. The Balaban J connectivity index is 1.36. The van der Waals surface area contributed by atoms with Gasteiger partial charge in [-0.25, -0.2) is 13.2 Å². The number of rotatable bonds is 13. The van der Waals surface area contributed by atoms with E-state index in [1.54, 1.807) is 12.3 Å². The van der Waals surface area contributed by atoms with Gasteiger partial charge in [0.05, 0.1) is 36.2 Å². The molecule has 46 heavy (non-hydrogen) atoms. The van der Waals surface area contributed by atoms with Crippen molar-refractivity contribution in [1.82, 2.24) is 9.62 Å². The standard InChI is InChI=1S/C33H44N4O8S/c1-20(2)17-37(46(41,42)23-10-11-27-25(15-23)26(31(39)35-27)16-34-21(3)4)18-29(38)28(14-22-8-6-5-7-9-22)36-33(40)45-30-19-44-32-24(30)12-13-43-32/h5-11,15-16,20-21,24,26,28-30,32,38H,12-14,17-19H2,1-4H3,(H,35,39)(H,36,40). The van der Waals surface area contributed by atoms with Crippen molar-refractivity contribution in [2.24, 2.45) is 16.8 Å². The van der Waals surface area contributed by atoms with E-state index in [0.29, 0.717) is 17.9 Å². The van der Waals surface area contributed by atoms with Crippen LogP contribution in [-0.4, -0.2) is 92.9 Å². The van der Waals surface area contributed by atoms with E-state index in [-0.39, 0.29) is 61.1 Å². The highest BCUT2D eigenvalue weighted by atomic mass is 32.2. The smallest absolute Gasteiger partial charge is 0.407 e. The van der Waals surface area contributed by atoms with Gasteiger partial charge in [0.1, 0.15) is 12.0 Å². The molecule has 0 aromatic heterocycles. The molecule has 2 fully saturated rings. The summed E-state index contributed by atoms with van der Waals surface area (Å²) in [7, 11) is -4.13. The third kappa shape index (κ3) is 7.95. The third-order valence-electron chi connectivity index (χ3n) is 8.34. The van der Waals surface area contributed by atoms with Gasteiger partial charge >= 0.3 is 6.09 Å². The van der Waals surface area contributed by atoms with Gasteiger partial charge < -0.3 is 30.0 Å². The summed E-state index contributed by atoms with van der Waals surface area (Å²) >= 11 is 0. The first-order chi connectivity index (χ1) is 21.9. The Morgan fingerprint density at radius 1 is 1.15 bits per heavy atom. The number of hydrogen-bond donors (Lipinski definition) is 3. The number of aliphatic hydroxyl groups excluding tert-OH is 1. The van der Waals surface area contributed by atoms with Gasteiger partial charge in [0.25, 0.3) is 0 Å². The van der Waals surface area contributed by atoms with Crippen LogP contribution in [0.4, 0.5) is 10.5 Å². The van der Waals surface area contributed by atoms with E-state index < -0.39 is 40.3 Å². The number of aliphatic imine (C=N–C) groups is 1. The van der Waals surface area contributed by atoms with Crippen molar-refractivity contribution < 1.29 is 37.3 Å². The van der Waals surface area contributed by atoms with E-state index in [2.05, 4.69) is 15.6 Å². The fraction of sp³-hybridized carbons (Fsp3) is 0.545. The molecule has 0 spiro atoms. The zero-order valence-electron chi connectivity index (χ0n) is 26.7. The molecular weight excluding hydrogens is 612 g/mol. The number of nitrogens with zero attached hydrogens (tertiary/aromatic N) is 2. The van der Waals surface area contributed by atoms with Crippen LogP contribution in [0.2, 0.25) is 0 Å². The van der Waals surface area contributed by atoms with Gasteiger partial charge in [-0.2, -0.15) is 4.31 Å². The van der Waals surface area contributed by atoms with E-state index >= 15 is 0 Å². The largest absolute Gasteiger partial charge is 0.443 e. The first kappa shape index (κ1) is 34.0. The van der Waals surface area contributed by atoms with Gasteiger partial charge in [-0.15, -0.1) is 0 Å². The number of fused-ring (bicyclic) bond motifs is 2. The molecule has 250 valence electrons. The first-order valence-corrected chi connectivity index (χ1v) is 17.3. The summed E-state index contributed by atoms with van der Waals surface area (Å²) in [5.41, 5.74) is 1.91. The monoisotopic (exact) mass is 656 g/mol. The highest BCUT2D eigenvalue weighted by molar-refractivity contribution is 7.89. The molecule has 13 heteroatoms. The number of carbonyl (C=O) groups is 2. The molecule has 3 aliphatic heterocycles. The molecule has 3 N–H and O–H groups in total. The maximum absolute atomic E-state index is 14.1. The normalized spacial score (nSPS) is 24.0. The predicted molar refractivity (Wildman–Crippen MR) is 172 cm³/mol. The summed E-state index contributed by atoms with van der Waals surface area (Å²) in [6.45, 7) is 8.16. The Bertz CT molecular complexity index is 1520. The van der Waals surface area contributed by atoms with Crippen LogP contribution in [-0.2, 0) is 35.4 Å². The second-order valence-corrected chi connectivity index (χ2v) is 14.7. The van der Waals surface area contributed by atoms with Gasteiger partial charge in [0.15, 0.2) is 6.29 Å². The molecule has 12 nitrogen and oxygen atoms in total. The Labute approximate surface area is 270 Å². The number of amides is 2. The van der Waals surface area contributed by atoms with Crippen molar-refractivity contribution >= 4 is 33.9 Å². The molecule has 3 heterocycles. The van der Waals surface area contributed by atoms with Crippen LogP contribution in [0.5, 0.6) is 0 Å². The minimum Gasteiger partial charge on any atom is -0.443 e. The number of sulfonamides is 1. The highest BCUT2D eigenvalue weighted by Gasteiger charge is 2.44. The van der Waals surface area contributed by atoms with Crippen LogP contribution in [0.25, 0.3) is 0 Å². The maximum Gasteiger partial charge on any atom is 0.407 e. The lowest BCUT2D eigenvalue weighted by Gasteiger charge is -2.31. The lowest BCUT2D eigenvalue weighted by atomic mass is 10.0. The van der Waals surface area contributed by atoms with E-state index in [4.69, 9.17) is 14.2 Å². The summed E-state index contributed by atoms with van der Waals surface area (Å²) < 4.78 is 46.3. The molecule has 0 bridgehead atoms. The molecule has 2 aromatic rings. The minimum absolute atomic E-state index is 0.0000883. The molecule has 2 aromatic carbocycles. The summed E-state index contributed by atoms with van der Waals surface area (Å²) in [5.74, 6) is -1.10. The number of ether oxygens (including phenoxy) is 3. The average molecular weight is 657 g/mol. The quantitative estimate of drug-likeness (QED) is 0.278. The van der Waals surface area contributed by atoms with Crippen LogP contribution in [0, 0.1) is 11.8 Å². The number of hydrogen-bond acceptors (Lipinski definition) is 9. The lowest BCUT2D eigenvalue weighted by molar-refractivity contribution is -0.115. The summed E-state index contributed by atoms with van der Waals surface area (Å²) in [5, 5.41) is 17.2. The van der Waals surface area contributed by atoms with E-state index in [9.17, 15) is 23.1 Å². The van der Waals surface area contributed by atoms with Crippen molar-refractivity contribution in [3.05, 3.63) is 59.7 Å². The summed E-state index contributed by atoms with van der Waals surface area (Å²) in [6.07, 6.45) is -0.351. The van der Waals surface area contributed by atoms with Crippen LogP contribution in [0.3, 0.4) is 0 Å². The van der Waals surface area contributed by atoms with E-state index in [1.807, 2.05) is 58.0 Å². The van der Waals surface area contributed by atoms with Crippen LogP contribution in [0.1, 0.15) is 51.2 Å². The highest BCUT2D eigenvalue weighted by Crippen LogP contribution is 2.35. The van der Waals surface area contributed by atoms with Crippen molar-refractivity contribution in [1.29, 1.82) is 0 Å². The molecule has 3 aliphatic rings. The van der Waals surface area contributed by atoms with Crippen LogP contribution < -0.4 is 10.6 Å². The molecule has 2 amide bonds. The van der Waals surface area contributed by atoms with Gasteiger partial charge in [0.2, 0.25) is 15.9 Å². The number of anilines is 1.